The highest BCUT2D eigenvalue weighted by Gasteiger charge is 2.25. The SMILES string of the molecule is COc1ccc(S(=O)(=O)c2cc3c(cc2NC(=O)c2cccc(OC)c2)n(C)c(=O)n3C)cc1. The zero-order valence-electron chi connectivity index (χ0n) is 19.0. The normalized spacial score (nSPS) is 11.4. The van der Waals surface area contributed by atoms with E-state index in [1.54, 1.807) is 38.4 Å². The van der Waals surface area contributed by atoms with Crippen LogP contribution in [-0.4, -0.2) is 37.7 Å². The summed E-state index contributed by atoms with van der Waals surface area (Å²) in [6, 6.07) is 15.3. The number of nitrogens with zero attached hydrogens (tertiary/aromatic N) is 2. The molecule has 1 N–H and O–H groups in total. The smallest absolute Gasteiger partial charge is 0.328 e. The molecule has 0 fully saturated rings. The number of hydrogen-bond donors (Lipinski definition) is 1. The van der Waals surface area contributed by atoms with Gasteiger partial charge in [-0.15, -0.1) is 0 Å². The Morgan fingerprint density at radius 3 is 2.09 bits per heavy atom. The number of rotatable bonds is 6. The average molecular weight is 482 g/mol. The van der Waals surface area contributed by atoms with Crippen LogP contribution >= 0.6 is 0 Å². The Morgan fingerprint density at radius 1 is 0.853 bits per heavy atom. The van der Waals surface area contributed by atoms with Crippen molar-refractivity contribution in [3.63, 3.8) is 0 Å². The Morgan fingerprint density at radius 2 is 1.47 bits per heavy atom. The summed E-state index contributed by atoms with van der Waals surface area (Å²) in [5.41, 5.74) is 0.909. The minimum Gasteiger partial charge on any atom is -0.497 e. The van der Waals surface area contributed by atoms with Gasteiger partial charge in [-0.3, -0.25) is 13.9 Å². The first-order valence-electron chi connectivity index (χ1n) is 10.2. The molecule has 10 heteroatoms. The van der Waals surface area contributed by atoms with Gasteiger partial charge >= 0.3 is 5.69 Å². The van der Waals surface area contributed by atoms with Gasteiger partial charge in [-0.1, -0.05) is 6.07 Å². The molecule has 34 heavy (non-hydrogen) atoms. The molecule has 176 valence electrons. The Kier molecular flexibility index (Phi) is 5.92. The third-order valence-electron chi connectivity index (χ3n) is 5.61. The van der Waals surface area contributed by atoms with Crippen molar-refractivity contribution in [3.8, 4) is 11.5 Å². The summed E-state index contributed by atoms with van der Waals surface area (Å²) in [6.45, 7) is 0. The van der Waals surface area contributed by atoms with Crippen molar-refractivity contribution in [2.75, 3.05) is 19.5 Å². The fourth-order valence-electron chi connectivity index (χ4n) is 3.69. The van der Waals surface area contributed by atoms with Gasteiger partial charge in [0.05, 0.1) is 40.7 Å². The number of anilines is 1. The minimum absolute atomic E-state index is 0.0189. The predicted octanol–water partition coefficient (Wildman–Crippen LogP) is 2.98. The first-order valence-corrected chi connectivity index (χ1v) is 11.7. The number of ether oxygens (including phenoxy) is 2. The third kappa shape index (κ3) is 3.92. The number of methoxy groups -OCH3 is 2. The summed E-state index contributed by atoms with van der Waals surface area (Å²) in [5.74, 6) is 0.469. The van der Waals surface area contributed by atoms with Crippen LogP contribution in [0.2, 0.25) is 0 Å². The number of aromatic nitrogens is 2. The minimum atomic E-state index is -4.07. The van der Waals surface area contributed by atoms with E-state index in [1.165, 1.54) is 59.8 Å². The van der Waals surface area contributed by atoms with E-state index in [1.807, 2.05) is 0 Å². The summed E-state index contributed by atoms with van der Waals surface area (Å²) < 4.78 is 40.3. The van der Waals surface area contributed by atoms with Crippen LogP contribution in [-0.2, 0) is 23.9 Å². The third-order valence-corrected chi connectivity index (χ3v) is 7.42. The van der Waals surface area contributed by atoms with E-state index in [0.717, 1.165) is 0 Å². The van der Waals surface area contributed by atoms with Crippen molar-refractivity contribution < 1.29 is 22.7 Å². The van der Waals surface area contributed by atoms with Gasteiger partial charge in [0.25, 0.3) is 5.91 Å². The molecule has 1 aromatic heterocycles. The molecule has 4 rings (SSSR count). The second-order valence-corrected chi connectivity index (χ2v) is 9.52. The van der Waals surface area contributed by atoms with Crippen LogP contribution in [0.15, 0.2) is 75.2 Å². The summed E-state index contributed by atoms with van der Waals surface area (Å²) >= 11 is 0. The zero-order valence-corrected chi connectivity index (χ0v) is 19.8. The van der Waals surface area contributed by atoms with Gasteiger partial charge < -0.3 is 14.8 Å². The lowest BCUT2D eigenvalue weighted by Gasteiger charge is -2.14. The van der Waals surface area contributed by atoms with E-state index in [2.05, 4.69) is 5.32 Å². The van der Waals surface area contributed by atoms with Crippen molar-refractivity contribution in [2.24, 2.45) is 14.1 Å². The van der Waals surface area contributed by atoms with Crippen molar-refractivity contribution in [2.45, 2.75) is 9.79 Å². The number of amides is 1. The van der Waals surface area contributed by atoms with E-state index < -0.39 is 15.7 Å². The van der Waals surface area contributed by atoms with Crippen LogP contribution in [0.1, 0.15) is 10.4 Å². The number of carbonyl (C=O) groups excluding carboxylic acids is 1. The van der Waals surface area contributed by atoms with Crippen LogP contribution in [0.3, 0.4) is 0 Å². The van der Waals surface area contributed by atoms with Gasteiger partial charge in [0.2, 0.25) is 9.84 Å². The van der Waals surface area contributed by atoms with Crippen LogP contribution in [0.4, 0.5) is 5.69 Å². The molecule has 3 aromatic carbocycles. The number of carbonyl (C=O) groups is 1. The molecule has 0 bridgehead atoms. The zero-order chi connectivity index (χ0) is 24.6. The molecular weight excluding hydrogens is 458 g/mol. The molecule has 1 amide bonds. The van der Waals surface area contributed by atoms with E-state index in [4.69, 9.17) is 9.47 Å². The molecule has 0 unspecified atom stereocenters. The highest BCUT2D eigenvalue weighted by molar-refractivity contribution is 7.91. The molecule has 1 heterocycles. The summed E-state index contributed by atoms with van der Waals surface area (Å²) in [6.07, 6.45) is 0. The van der Waals surface area contributed by atoms with Crippen molar-refractivity contribution >= 4 is 32.5 Å². The van der Waals surface area contributed by atoms with Crippen LogP contribution in [0.5, 0.6) is 11.5 Å². The number of hydrogen-bond acceptors (Lipinski definition) is 6. The standard InChI is InChI=1S/C24H23N3O6S/c1-26-20-13-19(25-23(28)15-6-5-7-17(12-15)33-4)22(14-21(20)27(2)24(26)29)34(30,31)18-10-8-16(32-3)9-11-18/h5-14H,1-4H3,(H,25,28). The molecule has 0 aliphatic rings. The van der Waals surface area contributed by atoms with E-state index in [9.17, 15) is 18.0 Å². The van der Waals surface area contributed by atoms with Gasteiger partial charge in [0.1, 0.15) is 11.5 Å². The highest BCUT2D eigenvalue weighted by Crippen LogP contribution is 2.33. The fraction of sp³-hybridized carbons (Fsp3) is 0.167. The van der Waals surface area contributed by atoms with E-state index in [0.29, 0.717) is 22.5 Å². The Bertz CT molecular complexity index is 1570. The predicted molar refractivity (Wildman–Crippen MR) is 128 cm³/mol. The van der Waals surface area contributed by atoms with Crippen molar-refractivity contribution in [1.29, 1.82) is 0 Å². The second kappa shape index (κ2) is 8.71. The van der Waals surface area contributed by atoms with Crippen LogP contribution in [0, 0.1) is 0 Å². The summed E-state index contributed by atoms with van der Waals surface area (Å²) in [5, 5.41) is 2.70. The molecule has 0 saturated heterocycles. The number of fused-ring (bicyclic) bond motifs is 1. The van der Waals surface area contributed by atoms with Crippen molar-refractivity contribution in [3.05, 3.63) is 76.7 Å². The molecule has 0 spiro atoms. The lowest BCUT2D eigenvalue weighted by molar-refractivity contribution is 0.102. The Hall–Kier alpha value is -4.05. The van der Waals surface area contributed by atoms with Gasteiger partial charge in [-0.2, -0.15) is 0 Å². The van der Waals surface area contributed by atoms with Gasteiger partial charge in [0, 0.05) is 19.7 Å². The molecule has 0 saturated carbocycles. The first-order chi connectivity index (χ1) is 16.2. The van der Waals surface area contributed by atoms with Crippen LogP contribution < -0.4 is 20.5 Å². The summed E-state index contributed by atoms with van der Waals surface area (Å²) in [4.78, 5) is 25.4. The highest BCUT2D eigenvalue weighted by atomic mass is 32.2. The van der Waals surface area contributed by atoms with Gasteiger partial charge in [-0.05, 0) is 54.6 Å². The van der Waals surface area contributed by atoms with Gasteiger partial charge in [0.15, 0.2) is 0 Å². The maximum Gasteiger partial charge on any atom is 0.328 e. The molecular formula is C24H23N3O6S. The van der Waals surface area contributed by atoms with Gasteiger partial charge in [-0.25, -0.2) is 13.2 Å². The van der Waals surface area contributed by atoms with E-state index >= 15 is 0 Å². The maximum atomic E-state index is 13.6. The average Bonchev–Trinajstić information content (AvgIpc) is 3.06. The Balaban J connectivity index is 1.90. The van der Waals surface area contributed by atoms with Crippen molar-refractivity contribution in [1.82, 2.24) is 9.13 Å². The molecule has 0 aliphatic heterocycles. The quantitative estimate of drug-likeness (QED) is 0.454. The second-order valence-electron chi connectivity index (χ2n) is 7.60. The van der Waals surface area contributed by atoms with Crippen LogP contribution in [0.25, 0.3) is 11.0 Å². The topological polar surface area (TPSA) is 109 Å². The number of aryl methyl sites for hydroxylation is 2. The number of nitrogens with one attached hydrogen (secondary N) is 1. The fourth-order valence-corrected chi connectivity index (χ4v) is 5.10. The molecule has 0 aliphatic carbocycles. The maximum absolute atomic E-state index is 13.6. The lowest BCUT2D eigenvalue weighted by Crippen LogP contribution is -2.19. The molecule has 0 atom stereocenters. The summed E-state index contributed by atoms with van der Waals surface area (Å²) in [7, 11) is 2.04. The molecule has 9 nitrogen and oxygen atoms in total. The molecule has 0 radical (unpaired) electrons. The largest absolute Gasteiger partial charge is 0.497 e. The number of imidazole rings is 1. The Labute approximate surface area is 196 Å². The first kappa shape index (κ1) is 23.1. The van der Waals surface area contributed by atoms with E-state index in [-0.39, 0.29) is 26.7 Å². The lowest BCUT2D eigenvalue weighted by atomic mass is 10.2. The monoisotopic (exact) mass is 481 g/mol. The number of benzene rings is 3. The number of sulfone groups is 1. The molecule has 4 aromatic rings.